The normalized spacial score (nSPS) is 12.5. The highest BCUT2D eigenvalue weighted by molar-refractivity contribution is 14.0. The van der Waals surface area contributed by atoms with Crippen molar-refractivity contribution in [3.8, 4) is 0 Å². The molecule has 1 atom stereocenters. The summed E-state index contributed by atoms with van der Waals surface area (Å²) in [6.45, 7) is 6.12. The monoisotopic (exact) mass is 501 g/mol. The van der Waals surface area contributed by atoms with Gasteiger partial charge in [-0.05, 0) is 44.4 Å². The molecule has 1 unspecified atom stereocenters. The van der Waals surface area contributed by atoms with Crippen LogP contribution >= 0.6 is 39.9 Å². The van der Waals surface area contributed by atoms with E-state index in [2.05, 4.69) is 31.6 Å². The smallest absolute Gasteiger partial charge is 0.191 e. The molecule has 0 aliphatic heterocycles. The topological polar surface area (TPSA) is 45.7 Å². The van der Waals surface area contributed by atoms with Gasteiger partial charge in [-0.15, -0.1) is 24.0 Å². The molecule has 4 nitrogen and oxygen atoms in total. The van der Waals surface area contributed by atoms with Gasteiger partial charge in [-0.25, -0.2) is 4.39 Å². The molecule has 0 bridgehead atoms. The molecule has 23 heavy (non-hydrogen) atoms. The van der Waals surface area contributed by atoms with E-state index >= 15 is 0 Å². The highest BCUT2D eigenvalue weighted by Gasteiger charge is 2.05. The molecule has 0 aliphatic carbocycles. The zero-order valence-electron chi connectivity index (χ0n) is 13.9. The van der Waals surface area contributed by atoms with Crippen molar-refractivity contribution in [1.29, 1.82) is 0 Å². The molecule has 2 N–H and O–H groups in total. The number of aliphatic imine (C=N–C) groups is 1. The Morgan fingerprint density at radius 1 is 1.43 bits per heavy atom. The quantitative estimate of drug-likeness (QED) is 0.247. The third-order valence-corrected chi connectivity index (χ3v) is 3.53. The van der Waals surface area contributed by atoms with Gasteiger partial charge in [-0.1, -0.05) is 22.0 Å². The van der Waals surface area contributed by atoms with Crippen LogP contribution < -0.4 is 10.6 Å². The first-order chi connectivity index (χ1) is 10.6. The van der Waals surface area contributed by atoms with E-state index in [0.717, 1.165) is 29.0 Å². The van der Waals surface area contributed by atoms with Crippen molar-refractivity contribution in [2.45, 2.75) is 32.7 Å². The molecule has 1 aromatic rings. The van der Waals surface area contributed by atoms with Crippen molar-refractivity contribution < 1.29 is 9.13 Å². The second kappa shape index (κ2) is 12.9. The van der Waals surface area contributed by atoms with E-state index in [9.17, 15) is 4.39 Å². The van der Waals surface area contributed by atoms with E-state index in [1.165, 1.54) is 6.07 Å². The number of halogens is 3. The van der Waals surface area contributed by atoms with Crippen molar-refractivity contribution in [3.63, 3.8) is 0 Å². The Morgan fingerprint density at radius 2 is 2.17 bits per heavy atom. The fraction of sp³-hybridized carbons (Fsp3) is 0.562. The number of hydrogen-bond donors (Lipinski definition) is 2. The number of nitrogens with zero attached hydrogens (tertiary/aromatic N) is 1. The molecular weight excluding hydrogens is 476 g/mol. The van der Waals surface area contributed by atoms with Crippen molar-refractivity contribution in [2.75, 3.05) is 26.8 Å². The Hall–Kier alpha value is -0.410. The van der Waals surface area contributed by atoms with Gasteiger partial charge in [0, 0.05) is 30.7 Å². The number of nitrogens with one attached hydrogen (secondary N) is 2. The first kappa shape index (κ1) is 22.6. The lowest BCUT2D eigenvalue weighted by atomic mass is 10.1. The summed E-state index contributed by atoms with van der Waals surface area (Å²) in [5.41, 5.74) is 0.726. The zero-order valence-corrected chi connectivity index (χ0v) is 17.8. The summed E-state index contributed by atoms with van der Waals surface area (Å²) in [7, 11) is 1.68. The Labute approximate surface area is 163 Å². The minimum atomic E-state index is -0.169. The van der Waals surface area contributed by atoms with E-state index in [4.69, 9.17) is 4.74 Å². The number of aryl methyl sites for hydroxylation is 1. The van der Waals surface area contributed by atoms with Crippen LogP contribution in [0.2, 0.25) is 0 Å². The van der Waals surface area contributed by atoms with Crippen molar-refractivity contribution in [2.24, 2.45) is 4.99 Å². The molecule has 0 saturated heterocycles. The Balaban J connectivity index is 0.00000484. The van der Waals surface area contributed by atoms with Gasteiger partial charge in [0.15, 0.2) is 5.96 Å². The molecule has 0 saturated carbocycles. The van der Waals surface area contributed by atoms with E-state index in [0.29, 0.717) is 19.6 Å². The van der Waals surface area contributed by atoms with Crippen molar-refractivity contribution >= 4 is 45.9 Å². The predicted molar refractivity (Wildman–Crippen MR) is 108 cm³/mol. The Morgan fingerprint density at radius 3 is 2.78 bits per heavy atom. The maximum absolute atomic E-state index is 13.7. The molecule has 7 heteroatoms. The van der Waals surface area contributed by atoms with Gasteiger partial charge in [0.2, 0.25) is 0 Å². The highest BCUT2D eigenvalue weighted by atomic mass is 127. The average molecular weight is 502 g/mol. The first-order valence-electron chi connectivity index (χ1n) is 7.54. The number of guanidine groups is 1. The number of rotatable bonds is 8. The number of methoxy groups -OCH3 is 1. The lowest BCUT2D eigenvalue weighted by molar-refractivity contribution is 0.179. The number of benzene rings is 1. The van der Waals surface area contributed by atoms with Crippen LogP contribution in [0.4, 0.5) is 4.39 Å². The molecule has 0 spiro atoms. The first-order valence-corrected chi connectivity index (χ1v) is 8.33. The molecule has 0 heterocycles. The van der Waals surface area contributed by atoms with Gasteiger partial charge >= 0.3 is 0 Å². The molecular formula is C16H26BrFIN3O. The van der Waals surface area contributed by atoms with Crippen LogP contribution in [-0.4, -0.2) is 38.8 Å². The van der Waals surface area contributed by atoms with Gasteiger partial charge in [-0.3, -0.25) is 4.99 Å². The summed E-state index contributed by atoms with van der Waals surface area (Å²) in [6.07, 6.45) is 1.48. The Bertz CT molecular complexity index is 488. The summed E-state index contributed by atoms with van der Waals surface area (Å²) in [5.74, 6) is 0.598. The zero-order chi connectivity index (χ0) is 16.4. The van der Waals surface area contributed by atoms with E-state index in [-0.39, 0.29) is 35.8 Å². The molecule has 0 aromatic heterocycles. The summed E-state index contributed by atoms with van der Waals surface area (Å²) in [4.78, 5) is 4.51. The second-order valence-corrected chi connectivity index (χ2v) is 6.02. The fourth-order valence-corrected chi connectivity index (χ4v) is 2.36. The van der Waals surface area contributed by atoms with Crippen LogP contribution in [0, 0.1) is 5.82 Å². The molecule has 0 aliphatic rings. The van der Waals surface area contributed by atoms with E-state index < -0.39 is 0 Å². The lowest BCUT2D eigenvalue weighted by Crippen LogP contribution is -2.44. The predicted octanol–water partition coefficient (Wildman–Crippen LogP) is 3.73. The van der Waals surface area contributed by atoms with Gasteiger partial charge in [0.25, 0.3) is 0 Å². The third kappa shape index (κ3) is 9.46. The Kier molecular flexibility index (Phi) is 12.7. The second-order valence-electron chi connectivity index (χ2n) is 5.10. The van der Waals surface area contributed by atoms with E-state index in [1.807, 2.05) is 26.0 Å². The summed E-state index contributed by atoms with van der Waals surface area (Å²) in [5, 5.41) is 6.46. The maximum atomic E-state index is 13.7. The standard InChI is InChI=1S/C16H25BrFN3O.HI/c1-4-19-16(21-12(2)11-22-3)20-9-5-6-13-7-8-14(17)10-15(13)18;/h7-8,10,12H,4-6,9,11H2,1-3H3,(H2,19,20,21);1H. The van der Waals surface area contributed by atoms with Crippen molar-refractivity contribution in [1.82, 2.24) is 10.6 Å². The van der Waals surface area contributed by atoms with Gasteiger partial charge in [-0.2, -0.15) is 0 Å². The number of ether oxygens (including phenoxy) is 1. The molecule has 0 fully saturated rings. The average Bonchev–Trinajstić information content (AvgIpc) is 2.45. The highest BCUT2D eigenvalue weighted by Crippen LogP contribution is 2.16. The molecule has 1 rings (SSSR count). The lowest BCUT2D eigenvalue weighted by Gasteiger charge is -2.16. The summed E-state index contributed by atoms with van der Waals surface area (Å²) < 4.78 is 19.6. The van der Waals surface area contributed by atoms with Crippen molar-refractivity contribution in [3.05, 3.63) is 34.1 Å². The van der Waals surface area contributed by atoms with E-state index in [1.54, 1.807) is 7.11 Å². The van der Waals surface area contributed by atoms with Crippen LogP contribution in [0.25, 0.3) is 0 Å². The third-order valence-electron chi connectivity index (χ3n) is 3.03. The molecule has 0 amide bonds. The fourth-order valence-electron chi connectivity index (χ4n) is 2.03. The maximum Gasteiger partial charge on any atom is 0.191 e. The van der Waals surface area contributed by atoms with Crippen LogP contribution in [0.15, 0.2) is 27.7 Å². The van der Waals surface area contributed by atoms with Crippen LogP contribution in [-0.2, 0) is 11.2 Å². The van der Waals surface area contributed by atoms with Gasteiger partial charge < -0.3 is 15.4 Å². The molecule has 132 valence electrons. The molecule has 1 aromatic carbocycles. The summed E-state index contributed by atoms with van der Waals surface area (Å²) >= 11 is 3.26. The van der Waals surface area contributed by atoms with Crippen LogP contribution in [0.3, 0.4) is 0 Å². The van der Waals surface area contributed by atoms with Gasteiger partial charge in [0.05, 0.1) is 6.61 Å². The molecule has 0 radical (unpaired) electrons. The SMILES string of the molecule is CCNC(=NCCCc1ccc(Br)cc1F)NC(C)COC.I. The van der Waals surface area contributed by atoms with Crippen LogP contribution in [0.5, 0.6) is 0 Å². The van der Waals surface area contributed by atoms with Crippen LogP contribution in [0.1, 0.15) is 25.8 Å². The van der Waals surface area contributed by atoms with Gasteiger partial charge in [0.1, 0.15) is 5.82 Å². The summed E-state index contributed by atoms with van der Waals surface area (Å²) in [6, 6.07) is 5.36. The largest absolute Gasteiger partial charge is 0.383 e. The minimum absolute atomic E-state index is 0. The number of hydrogen-bond acceptors (Lipinski definition) is 2. The minimum Gasteiger partial charge on any atom is -0.383 e.